The van der Waals surface area contributed by atoms with Crippen LogP contribution in [0.4, 0.5) is 0 Å². The number of nitrogens with zero attached hydrogens (tertiary/aromatic N) is 2. The molecule has 0 unspecified atom stereocenters. The third kappa shape index (κ3) is 5.15. The summed E-state index contributed by atoms with van der Waals surface area (Å²) >= 11 is 0. The molecule has 0 atom stereocenters. The Morgan fingerprint density at radius 2 is 1.73 bits per heavy atom. The third-order valence-corrected chi connectivity index (χ3v) is 4.05. The molecule has 1 heterocycles. The highest BCUT2D eigenvalue weighted by atomic mass is 16.2. The largest absolute Gasteiger partial charge is 0.347 e. The van der Waals surface area contributed by atoms with Gasteiger partial charge < -0.3 is 15.1 Å². The Kier molecular flexibility index (Phi) is 5.95. The first-order chi connectivity index (χ1) is 10.5. The van der Waals surface area contributed by atoms with Gasteiger partial charge in [0.2, 0.25) is 11.8 Å². The maximum absolute atomic E-state index is 12.0. The van der Waals surface area contributed by atoms with Gasteiger partial charge >= 0.3 is 0 Å². The SMILES string of the molecule is Cc1ccc(CCC(=O)NCC(=O)N2CCN(C)CC2)cc1. The van der Waals surface area contributed by atoms with Gasteiger partial charge in [-0.15, -0.1) is 0 Å². The highest BCUT2D eigenvalue weighted by Crippen LogP contribution is 2.05. The highest BCUT2D eigenvalue weighted by molar-refractivity contribution is 5.84. The van der Waals surface area contributed by atoms with Gasteiger partial charge in [0, 0.05) is 32.6 Å². The van der Waals surface area contributed by atoms with Gasteiger partial charge in [-0.25, -0.2) is 0 Å². The fraction of sp³-hybridized carbons (Fsp3) is 0.529. The lowest BCUT2D eigenvalue weighted by molar-refractivity contribution is -0.134. The summed E-state index contributed by atoms with van der Waals surface area (Å²) in [6.45, 7) is 5.43. The van der Waals surface area contributed by atoms with E-state index >= 15 is 0 Å². The first kappa shape index (κ1) is 16.5. The molecule has 1 fully saturated rings. The van der Waals surface area contributed by atoms with E-state index in [1.165, 1.54) is 5.56 Å². The molecule has 1 saturated heterocycles. The summed E-state index contributed by atoms with van der Waals surface area (Å²) in [5, 5.41) is 2.73. The van der Waals surface area contributed by atoms with Crippen LogP contribution in [0, 0.1) is 6.92 Å². The Hall–Kier alpha value is -1.88. The molecule has 1 aliphatic heterocycles. The molecular weight excluding hydrogens is 278 g/mol. The summed E-state index contributed by atoms with van der Waals surface area (Å²) in [7, 11) is 2.05. The Balaban J connectivity index is 1.66. The summed E-state index contributed by atoms with van der Waals surface area (Å²) < 4.78 is 0. The van der Waals surface area contributed by atoms with Gasteiger partial charge in [-0.05, 0) is 26.0 Å². The van der Waals surface area contributed by atoms with Crippen molar-refractivity contribution >= 4 is 11.8 Å². The van der Waals surface area contributed by atoms with Crippen molar-refractivity contribution in [1.82, 2.24) is 15.1 Å². The molecule has 1 aromatic carbocycles. The number of benzene rings is 1. The Labute approximate surface area is 132 Å². The summed E-state index contributed by atoms with van der Waals surface area (Å²) in [5.74, 6) is -0.0557. The number of hydrogen-bond donors (Lipinski definition) is 1. The number of nitrogens with one attached hydrogen (secondary N) is 1. The van der Waals surface area contributed by atoms with Crippen LogP contribution >= 0.6 is 0 Å². The van der Waals surface area contributed by atoms with Crippen molar-refractivity contribution in [2.75, 3.05) is 39.8 Å². The number of amides is 2. The van der Waals surface area contributed by atoms with E-state index in [1.54, 1.807) is 0 Å². The average molecular weight is 303 g/mol. The van der Waals surface area contributed by atoms with Crippen LogP contribution < -0.4 is 5.32 Å². The molecule has 0 aromatic heterocycles. The number of likely N-dealkylation sites (N-methyl/N-ethyl adjacent to an activating group) is 1. The zero-order chi connectivity index (χ0) is 15.9. The third-order valence-electron chi connectivity index (χ3n) is 4.05. The number of aryl methyl sites for hydroxylation is 2. The van der Waals surface area contributed by atoms with E-state index < -0.39 is 0 Å². The molecule has 120 valence electrons. The van der Waals surface area contributed by atoms with Crippen LogP contribution in [0.15, 0.2) is 24.3 Å². The van der Waals surface area contributed by atoms with Gasteiger partial charge in [0.25, 0.3) is 0 Å². The van der Waals surface area contributed by atoms with E-state index in [4.69, 9.17) is 0 Å². The Bertz CT molecular complexity index is 505. The standard InChI is InChI=1S/C17H25N3O2/c1-14-3-5-15(6-4-14)7-8-16(21)18-13-17(22)20-11-9-19(2)10-12-20/h3-6H,7-13H2,1-2H3,(H,18,21). The molecule has 0 spiro atoms. The topological polar surface area (TPSA) is 52.7 Å². The average Bonchev–Trinajstić information content (AvgIpc) is 2.52. The van der Waals surface area contributed by atoms with E-state index in [0.717, 1.165) is 31.7 Å². The van der Waals surface area contributed by atoms with Crippen LogP contribution in [-0.2, 0) is 16.0 Å². The van der Waals surface area contributed by atoms with Gasteiger partial charge in [-0.3, -0.25) is 9.59 Å². The second kappa shape index (κ2) is 7.94. The molecular formula is C17H25N3O2. The monoisotopic (exact) mass is 303 g/mol. The smallest absolute Gasteiger partial charge is 0.242 e. The van der Waals surface area contributed by atoms with Crippen LogP contribution in [0.1, 0.15) is 17.5 Å². The number of carbonyl (C=O) groups excluding carboxylic acids is 2. The molecule has 0 saturated carbocycles. The van der Waals surface area contributed by atoms with Gasteiger partial charge in [-0.1, -0.05) is 29.8 Å². The quantitative estimate of drug-likeness (QED) is 0.876. The van der Waals surface area contributed by atoms with Crippen molar-refractivity contribution in [3.8, 4) is 0 Å². The van der Waals surface area contributed by atoms with Crippen LogP contribution in [0.25, 0.3) is 0 Å². The second-order valence-electron chi connectivity index (χ2n) is 5.95. The number of carbonyl (C=O) groups is 2. The molecule has 1 N–H and O–H groups in total. The molecule has 5 nitrogen and oxygen atoms in total. The summed E-state index contributed by atoms with van der Waals surface area (Å²) in [4.78, 5) is 27.9. The molecule has 0 radical (unpaired) electrons. The minimum Gasteiger partial charge on any atom is -0.347 e. The van der Waals surface area contributed by atoms with Crippen molar-refractivity contribution in [2.24, 2.45) is 0 Å². The van der Waals surface area contributed by atoms with E-state index in [-0.39, 0.29) is 18.4 Å². The highest BCUT2D eigenvalue weighted by Gasteiger charge is 2.19. The number of hydrogen-bond acceptors (Lipinski definition) is 3. The maximum atomic E-state index is 12.0. The molecule has 22 heavy (non-hydrogen) atoms. The normalized spacial score (nSPS) is 15.6. The number of piperazine rings is 1. The summed E-state index contributed by atoms with van der Waals surface area (Å²) in [5.41, 5.74) is 2.36. The lowest BCUT2D eigenvalue weighted by Gasteiger charge is -2.32. The van der Waals surface area contributed by atoms with Crippen LogP contribution in [0.2, 0.25) is 0 Å². The van der Waals surface area contributed by atoms with Crippen molar-refractivity contribution in [3.05, 3.63) is 35.4 Å². The van der Waals surface area contributed by atoms with Crippen molar-refractivity contribution in [2.45, 2.75) is 19.8 Å². The predicted molar refractivity (Wildman–Crippen MR) is 86.6 cm³/mol. The number of rotatable bonds is 5. The van der Waals surface area contributed by atoms with Crippen molar-refractivity contribution in [3.63, 3.8) is 0 Å². The molecule has 1 aliphatic rings. The first-order valence-corrected chi connectivity index (χ1v) is 7.83. The van der Waals surface area contributed by atoms with Gasteiger partial charge in [0.05, 0.1) is 6.54 Å². The van der Waals surface area contributed by atoms with Gasteiger partial charge in [0.1, 0.15) is 0 Å². The maximum Gasteiger partial charge on any atom is 0.242 e. The minimum atomic E-state index is -0.0666. The molecule has 1 aromatic rings. The first-order valence-electron chi connectivity index (χ1n) is 7.83. The fourth-order valence-electron chi connectivity index (χ4n) is 2.44. The van der Waals surface area contributed by atoms with Crippen LogP contribution in [0.5, 0.6) is 0 Å². The minimum absolute atomic E-state index is 0.0109. The Morgan fingerprint density at radius 3 is 2.36 bits per heavy atom. The molecule has 2 amide bonds. The Morgan fingerprint density at radius 1 is 1.09 bits per heavy atom. The molecule has 0 bridgehead atoms. The van der Waals surface area contributed by atoms with E-state index in [2.05, 4.69) is 17.3 Å². The van der Waals surface area contributed by atoms with Crippen molar-refractivity contribution < 1.29 is 9.59 Å². The summed E-state index contributed by atoms with van der Waals surface area (Å²) in [6.07, 6.45) is 1.12. The summed E-state index contributed by atoms with van der Waals surface area (Å²) in [6, 6.07) is 8.17. The molecule has 5 heteroatoms. The molecule has 0 aliphatic carbocycles. The molecule has 2 rings (SSSR count). The lowest BCUT2D eigenvalue weighted by atomic mass is 10.1. The van der Waals surface area contributed by atoms with E-state index in [9.17, 15) is 9.59 Å². The zero-order valence-electron chi connectivity index (χ0n) is 13.5. The lowest BCUT2D eigenvalue weighted by Crippen LogP contribution is -2.50. The van der Waals surface area contributed by atoms with E-state index in [1.807, 2.05) is 36.1 Å². The van der Waals surface area contributed by atoms with E-state index in [0.29, 0.717) is 12.8 Å². The van der Waals surface area contributed by atoms with Crippen molar-refractivity contribution in [1.29, 1.82) is 0 Å². The van der Waals surface area contributed by atoms with Crippen LogP contribution in [-0.4, -0.2) is 61.4 Å². The van der Waals surface area contributed by atoms with Gasteiger partial charge in [-0.2, -0.15) is 0 Å². The van der Waals surface area contributed by atoms with Crippen LogP contribution in [0.3, 0.4) is 0 Å². The second-order valence-corrected chi connectivity index (χ2v) is 5.95. The fourth-order valence-corrected chi connectivity index (χ4v) is 2.44. The predicted octanol–water partition coefficient (Wildman–Crippen LogP) is 0.818. The van der Waals surface area contributed by atoms with Gasteiger partial charge in [0.15, 0.2) is 0 Å². The zero-order valence-corrected chi connectivity index (χ0v) is 13.5.